The largest absolute Gasteiger partial charge is 0.460 e. The van der Waals surface area contributed by atoms with Gasteiger partial charge in [0.2, 0.25) is 15.0 Å². The fraction of sp³-hybridized carbons (Fsp3) is 0.500. The van der Waals surface area contributed by atoms with Crippen LogP contribution < -0.4 is 0 Å². The van der Waals surface area contributed by atoms with Crippen LogP contribution in [0.3, 0.4) is 0 Å². The van der Waals surface area contributed by atoms with Crippen LogP contribution in [0.5, 0.6) is 0 Å². The Morgan fingerprint density at radius 2 is 1.83 bits per heavy atom. The summed E-state index contributed by atoms with van der Waals surface area (Å²) in [5.74, 6) is -1.60. The number of rotatable bonds is 7. The molecule has 0 bridgehead atoms. The van der Waals surface area contributed by atoms with E-state index in [0.717, 1.165) is 34.2 Å². The first kappa shape index (κ1) is 34.8. The number of carbonyl (C=O) groups excluding carboxylic acids is 1. The number of esters is 1. The number of sulfone groups is 1. The van der Waals surface area contributed by atoms with Crippen molar-refractivity contribution in [3.05, 3.63) is 64.9 Å². The molecule has 0 radical (unpaired) electrons. The topological polar surface area (TPSA) is 118 Å². The molecule has 1 fully saturated rings. The van der Waals surface area contributed by atoms with Gasteiger partial charge in [0.05, 0.1) is 35.7 Å². The monoisotopic (exact) mass is 665 g/mol. The Bertz CT molecular complexity index is 1800. The van der Waals surface area contributed by atoms with Gasteiger partial charge in [-0.2, -0.15) is 0 Å². The van der Waals surface area contributed by atoms with Gasteiger partial charge in [0, 0.05) is 30.0 Å². The van der Waals surface area contributed by atoms with Crippen LogP contribution in [-0.4, -0.2) is 59.2 Å². The van der Waals surface area contributed by atoms with E-state index in [1.807, 2.05) is 46.8 Å². The molecule has 3 aromatic rings. The summed E-state index contributed by atoms with van der Waals surface area (Å²) in [4.78, 5) is 26.5. The minimum Gasteiger partial charge on any atom is -0.460 e. The lowest BCUT2D eigenvalue weighted by molar-refractivity contribution is -0.290. The summed E-state index contributed by atoms with van der Waals surface area (Å²) in [5, 5.41) is -0.202. The number of carbonyl (C=O) groups is 1. The van der Waals surface area contributed by atoms with Gasteiger partial charge in [-0.25, -0.2) is 22.8 Å². The number of hydrogen-bond donors (Lipinski definition) is 0. The number of benzene rings is 1. The summed E-state index contributed by atoms with van der Waals surface area (Å²) < 4.78 is 56.6. The molecular weight excluding hydrogens is 621 g/mol. The van der Waals surface area contributed by atoms with E-state index >= 15 is 0 Å². The van der Waals surface area contributed by atoms with E-state index in [9.17, 15) is 17.6 Å². The van der Waals surface area contributed by atoms with Crippen LogP contribution in [0.4, 0.5) is 4.39 Å². The molecule has 0 N–H and O–H groups in total. The van der Waals surface area contributed by atoms with Crippen LogP contribution >= 0.6 is 0 Å². The highest BCUT2D eigenvalue weighted by atomic mass is 32.2. The second kappa shape index (κ2) is 13.2. The van der Waals surface area contributed by atoms with Gasteiger partial charge < -0.3 is 14.2 Å². The smallest absolute Gasteiger partial charge is 0.308 e. The lowest BCUT2D eigenvalue weighted by Gasteiger charge is -2.39. The van der Waals surface area contributed by atoms with Crippen molar-refractivity contribution in [2.75, 3.05) is 6.26 Å². The predicted octanol–water partition coefficient (Wildman–Crippen LogP) is 7.02. The van der Waals surface area contributed by atoms with Gasteiger partial charge in [-0.3, -0.25) is 9.78 Å². The molecule has 9 nitrogen and oxygen atoms in total. The van der Waals surface area contributed by atoms with Gasteiger partial charge in [0.15, 0.2) is 5.79 Å². The Morgan fingerprint density at radius 3 is 2.47 bits per heavy atom. The number of pyridine rings is 1. The third kappa shape index (κ3) is 8.31. The van der Waals surface area contributed by atoms with Crippen molar-refractivity contribution in [1.29, 1.82) is 0 Å². The number of halogens is 1. The summed E-state index contributed by atoms with van der Waals surface area (Å²) in [6.45, 7) is 13.3. The van der Waals surface area contributed by atoms with Crippen molar-refractivity contribution < 1.29 is 31.8 Å². The molecule has 0 unspecified atom stereocenters. The second-order valence-corrected chi connectivity index (χ2v) is 16.0. The molecule has 5 rings (SSSR count). The van der Waals surface area contributed by atoms with Crippen LogP contribution in [-0.2, 0) is 41.7 Å². The van der Waals surface area contributed by atoms with Gasteiger partial charge in [0.25, 0.3) is 0 Å². The van der Waals surface area contributed by atoms with Crippen LogP contribution in [0.15, 0.2) is 41.7 Å². The van der Waals surface area contributed by atoms with E-state index in [2.05, 4.69) is 23.8 Å². The lowest BCUT2D eigenvalue weighted by atomic mass is 9.86. The van der Waals surface area contributed by atoms with Gasteiger partial charge in [0.1, 0.15) is 11.4 Å². The number of hydrogen-bond acceptors (Lipinski definition) is 9. The minimum atomic E-state index is -3.59. The molecule has 0 amide bonds. The van der Waals surface area contributed by atoms with Crippen LogP contribution in [0.25, 0.3) is 28.5 Å². The summed E-state index contributed by atoms with van der Waals surface area (Å²) in [5.41, 5.74) is 5.88. The standard InChI is InChI=1S/C36H44FN3O6S/c1-21(2)32-27(17-16-24-18-25(45-36(6,7)44-24)19-30(41)46-35(3,4)5)31(22-12-14-23(37)15-13-22)26-10-9-11-29-28(33(26)40-32)20-38-34(39-29)47(8,42)43/h12-17,20-21,24-25H,9-11,18-19H2,1-8H3/t24-,25-/m1/s1. The van der Waals surface area contributed by atoms with Crippen molar-refractivity contribution in [1.82, 2.24) is 15.0 Å². The molecule has 0 spiro atoms. The average molecular weight is 666 g/mol. The van der Waals surface area contributed by atoms with E-state index in [4.69, 9.17) is 19.2 Å². The molecule has 2 atom stereocenters. The van der Waals surface area contributed by atoms with E-state index in [1.165, 1.54) is 12.1 Å². The van der Waals surface area contributed by atoms with Gasteiger partial charge in [-0.15, -0.1) is 0 Å². The Labute approximate surface area is 276 Å². The molecule has 252 valence electrons. The zero-order chi connectivity index (χ0) is 34.3. The predicted molar refractivity (Wildman–Crippen MR) is 178 cm³/mol. The van der Waals surface area contributed by atoms with Crippen molar-refractivity contribution in [3.8, 4) is 22.4 Å². The van der Waals surface area contributed by atoms with Gasteiger partial charge in [-0.05, 0) is 88.6 Å². The fourth-order valence-corrected chi connectivity index (χ4v) is 6.76. The van der Waals surface area contributed by atoms with Crippen LogP contribution in [0, 0.1) is 5.82 Å². The minimum absolute atomic E-state index is 0.00553. The summed E-state index contributed by atoms with van der Waals surface area (Å²) in [6, 6.07) is 6.43. The number of fused-ring (bicyclic) bond motifs is 3. The normalized spacial score (nSPS) is 19.7. The van der Waals surface area contributed by atoms with Gasteiger partial charge >= 0.3 is 5.97 Å². The maximum atomic E-state index is 14.2. The summed E-state index contributed by atoms with van der Waals surface area (Å²) in [7, 11) is -3.59. The highest BCUT2D eigenvalue weighted by Gasteiger charge is 2.36. The Hall–Kier alpha value is -3.54. The molecule has 1 aliphatic carbocycles. The molecule has 1 saturated heterocycles. The summed E-state index contributed by atoms with van der Waals surface area (Å²) in [6.07, 6.45) is 8.39. The maximum absolute atomic E-state index is 14.2. The van der Waals surface area contributed by atoms with E-state index in [-0.39, 0.29) is 35.4 Å². The number of nitrogens with zero attached hydrogens (tertiary/aromatic N) is 3. The molecule has 0 saturated carbocycles. The number of aryl methyl sites for hydroxylation is 1. The van der Waals surface area contributed by atoms with Gasteiger partial charge in [-0.1, -0.05) is 38.1 Å². The third-order valence-corrected chi connectivity index (χ3v) is 8.85. The first-order valence-electron chi connectivity index (χ1n) is 16.0. The first-order chi connectivity index (χ1) is 21.9. The fourth-order valence-electron chi connectivity index (χ4n) is 6.24. The van der Waals surface area contributed by atoms with Crippen molar-refractivity contribution in [3.63, 3.8) is 0 Å². The highest BCUT2D eigenvalue weighted by Crippen LogP contribution is 2.42. The number of ether oxygens (including phenoxy) is 3. The zero-order valence-corrected chi connectivity index (χ0v) is 29.2. The second-order valence-electron chi connectivity index (χ2n) is 14.1. The summed E-state index contributed by atoms with van der Waals surface area (Å²) >= 11 is 0. The first-order valence-corrected chi connectivity index (χ1v) is 17.9. The van der Waals surface area contributed by atoms with Crippen molar-refractivity contribution >= 4 is 21.9 Å². The Balaban J connectivity index is 1.62. The molecule has 2 aliphatic rings. The molecule has 11 heteroatoms. The highest BCUT2D eigenvalue weighted by molar-refractivity contribution is 7.90. The van der Waals surface area contributed by atoms with Crippen molar-refractivity contribution in [2.45, 2.75) is 115 Å². The molecule has 47 heavy (non-hydrogen) atoms. The number of aromatic nitrogens is 3. The quantitative estimate of drug-likeness (QED) is 0.194. The van der Waals surface area contributed by atoms with Crippen LogP contribution in [0.2, 0.25) is 0 Å². The molecule has 1 aromatic carbocycles. The SMILES string of the molecule is CC(C)c1nc2c(c(-c3ccc(F)cc3)c1C=C[C@@H]1C[C@H](CC(=O)OC(C)(C)C)OC(C)(C)O1)CCCc1nc(S(C)(=O)=O)ncc1-2. The zero-order valence-electron chi connectivity index (χ0n) is 28.4. The Morgan fingerprint density at radius 1 is 1.13 bits per heavy atom. The van der Waals surface area contributed by atoms with E-state index in [0.29, 0.717) is 42.6 Å². The third-order valence-electron chi connectivity index (χ3n) is 7.99. The van der Waals surface area contributed by atoms with E-state index < -0.39 is 27.3 Å². The molecule has 1 aliphatic heterocycles. The molecule has 3 heterocycles. The van der Waals surface area contributed by atoms with E-state index in [1.54, 1.807) is 18.3 Å². The maximum Gasteiger partial charge on any atom is 0.308 e. The van der Waals surface area contributed by atoms with Crippen LogP contribution in [0.1, 0.15) is 96.2 Å². The Kier molecular flexibility index (Phi) is 9.74. The molecular formula is C36H44FN3O6S. The molecule has 2 aromatic heterocycles. The average Bonchev–Trinajstić information content (AvgIpc) is 3.12. The van der Waals surface area contributed by atoms with Crippen molar-refractivity contribution in [2.24, 2.45) is 0 Å². The lowest BCUT2D eigenvalue weighted by Crippen LogP contribution is -2.45.